The molecule has 33 heavy (non-hydrogen) atoms. The van der Waals surface area contributed by atoms with Gasteiger partial charge in [0.05, 0.1) is 11.0 Å². The summed E-state index contributed by atoms with van der Waals surface area (Å²) in [4.78, 5) is 30.8. The average Bonchev–Trinajstić information content (AvgIpc) is 3.17. The van der Waals surface area contributed by atoms with E-state index >= 15 is 0 Å². The van der Waals surface area contributed by atoms with Crippen LogP contribution in [0.25, 0.3) is 11.0 Å². The molecule has 1 aromatic heterocycles. The molecule has 3 aromatic carbocycles. The minimum atomic E-state index is -0.528. The molecule has 7 nitrogen and oxygen atoms in total. The van der Waals surface area contributed by atoms with Crippen molar-refractivity contribution in [3.8, 4) is 5.75 Å². The summed E-state index contributed by atoms with van der Waals surface area (Å²) in [6.45, 7) is 0.218. The van der Waals surface area contributed by atoms with E-state index in [1.807, 2.05) is 54.6 Å². The summed E-state index contributed by atoms with van der Waals surface area (Å²) in [6.07, 6.45) is -0.0161. The van der Waals surface area contributed by atoms with E-state index in [1.54, 1.807) is 4.57 Å². The largest absolute Gasteiger partial charge is 0.486 e. The minimum Gasteiger partial charge on any atom is -0.486 e. The molecule has 0 unspecified atom stereocenters. The Labute approximate surface area is 190 Å². The average molecular weight is 446 g/mol. The molecule has 4 aromatic rings. The zero-order chi connectivity index (χ0) is 23.2. The summed E-state index contributed by atoms with van der Waals surface area (Å²) in [7, 11) is 0. The SMILES string of the molecule is NC(=O)CCN(C(=O)Cn1c(COc2ccccc2)nc2ccccc21)c1ccc(F)cc1. The third-order valence-corrected chi connectivity index (χ3v) is 5.16. The van der Waals surface area contributed by atoms with Crippen LogP contribution >= 0.6 is 0 Å². The molecule has 168 valence electrons. The Morgan fingerprint density at radius 1 is 0.970 bits per heavy atom. The van der Waals surface area contributed by atoms with E-state index in [0.29, 0.717) is 17.3 Å². The second-order valence-corrected chi connectivity index (χ2v) is 7.44. The molecule has 0 spiro atoms. The number of carbonyl (C=O) groups is 2. The van der Waals surface area contributed by atoms with Gasteiger partial charge in [-0.3, -0.25) is 9.59 Å². The van der Waals surface area contributed by atoms with Crippen molar-refractivity contribution in [1.29, 1.82) is 0 Å². The molecule has 1 heterocycles. The van der Waals surface area contributed by atoms with Gasteiger partial charge in [0.15, 0.2) is 0 Å². The number of aromatic nitrogens is 2. The predicted molar refractivity (Wildman–Crippen MR) is 123 cm³/mol. The number of nitrogens with two attached hydrogens (primary N) is 1. The van der Waals surface area contributed by atoms with Crippen LogP contribution in [0.3, 0.4) is 0 Å². The zero-order valence-electron chi connectivity index (χ0n) is 17.9. The van der Waals surface area contributed by atoms with Crippen LogP contribution in [0.2, 0.25) is 0 Å². The van der Waals surface area contributed by atoms with E-state index in [1.165, 1.54) is 29.2 Å². The standard InChI is InChI=1S/C25H23FN4O3/c26-18-10-12-19(13-11-18)29(15-14-23(27)31)25(32)16-30-22-9-5-4-8-21(22)28-24(30)17-33-20-6-2-1-3-7-20/h1-13H,14-17H2,(H2,27,31). The first-order valence-corrected chi connectivity index (χ1v) is 10.5. The highest BCUT2D eigenvalue weighted by Gasteiger charge is 2.20. The second-order valence-electron chi connectivity index (χ2n) is 7.44. The fourth-order valence-corrected chi connectivity index (χ4v) is 3.54. The number of primary amides is 1. The quantitative estimate of drug-likeness (QED) is 0.425. The molecule has 0 radical (unpaired) electrons. The van der Waals surface area contributed by atoms with Crippen molar-refractivity contribution < 1.29 is 18.7 Å². The van der Waals surface area contributed by atoms with Gasteiger partial charge in [0.2, 0.25) is 11.8 Å². The van der Waals surface area contributed by atoms with E-state index in [-0.39, 0.29) is 32.0 Å². The molecule has 0 atom stereocenters. The number of anilines is 1. The van der Waals surface area contributed by atoms with E-state index < -0.39 is 11.7 Å². The number of amides is 2. The van der Waals surface area contributed by atoms with Gasteiger partial charge in [0.1, 0.15) is 30.5 Å². The predicted octanol–water partition coefficient (Wildman–Crippen LogP) is 3.66. The van der Waals surface area contributed by atoms with Crippen LogP contribution in [0.1, 0.15) is 12.2 Å². The Morgan fingerprint density at radius 2 is 1.67 bits per heavy atom. The lowest BCUT2D eigenvalue weighted by atomic mass is 10.2. The van der Waals surface area contributed by atoms with E-state index in [0.717, 1.165) is 11.0 Å². The molecule has 0 fully saturated rings. The van der Waals surface area contributed by atoms with Gasteiger partial charge in [-0.15, -0.1) is 0 Å². The minimum absolute atomic E-state index is 0.0161. The Hall–Kier alpha value is -4.20. The smallest absolute Gasteiger partial charge is 0.246 e. The number of imidazole rings is 1. The van der Waals surface area contributed by atoms with Crippen LogP contribution in [-0.2, 0) is 22.7 Å². The van der Waals surface area contributed by atoms with Gasteiger partial charge >= 0.3 is 0 Å². The maximum atomic E-state index is 13.4. The van der Waals surface area contributed by atoms with Crippen molar-refractivity contribution in [2.75, 3.05) is 11.4 Å². The number of fused-ring (bicyclic) bond motifs is 1. The molecule has 0 saturated carbocycles. The molecule has 0 aliphatic heterocycles. The van der Waals surface area contributed by atoms with Gasteiger partial charge in [-0.2, -0.15) is 0 Å². The van der Waals surface area contributed by atoms with Crippen molar-refractivity contribution >= 4 is 28.5 Å². The number of ether oxygens (including phenoxy) is 1. The number of para-hydroxylation sites is 3. The summed E-state index contributed by atoms with van der Waals surface area (Å²) in [5.41, 5.74) is 7.31. The Bertz CT molecular complexity index is 1260. The Kier molecular flexibility index (Phi) is 6.64. The van der Waals surface area contributed by atoms with Crippen LogP contribution in [0.15, 0.2) is 78.9 Å². The summed E-state index contributed by atoms with van der Waals surface area (Å²) in [5, 5.41) is 0. The van der Waals surface area contributed by atoms with Gasteiger partial charge in [-0.05, 0) is 48.5 Å². The van der Waals surface area contributed by atoms with Crippen LogP contribution in [0, 0.1) is 5.82 Å². The first-order valence-electron chi connectivity index (χ1n) is 10.5. The van der Waals surface area contributed by atoms with E-state index in [9.17, 15) is 14.0 Å². The molecule has 0 bridgehead atoms. The Balaban J connectivity index is 1.62. The van der Waals surface area contributed by atoms with Crippen molar-refractivity contribution in [2.24, 2.45) is 5.73 Å². The number of hydrogen-bond acceptors (Lipinski definition) is 4. The van der Waals surface area contributed by atoms with Crippen LogP contribution in [0.5, 0.6) is 5.75 Å². The van der Waals surface area contributed by atoms with Crippen LogP contribution < -0.4 is 15.4 Å². The van der Waals surface area contributed by atoms with Crippen LogP contribution in [-0.4, -0.2) is 27.9 Å². The first-order chi connectivity index (χ1) is 16.0. The fraction of sp³-hybridized carbons (Fsp3) is 0.160. The van der Waals surface area contributed by atoms with Gasteiger partial charge in [-0.25, -0.2) is 9.37 Å². The maximum Gasteiger partial charge on any atom is 0.246 e. The topological polar surface area (TPSA) is 90.5 Å². The number of halogens is 1. The lowest BCUT2D eigenvalue weighted by Gasteiger charge is -2.23. The van der Waals surface area contributed by atoms with Crippen molar-refractivity contribution in [2.45, 2.75) is 19.6 Å². The zero-order valence-corrected chi connectivity index (χ0v) is 17.9. The fourth-order valence-electron chi connectivity index (χ4n) is 3.54. The van der Waals surface area contributed by atoms with Gasteiger partial charge in [-0.1, -0.05) is 30.3 Å². The maximum absolute atomic E-state index is 13.4. The monoisotopic (exact) mass is 446 g/mol. The second kappa shape index (κ2) is 9.95. The number of hydrogen-bond donors (Lipinski definition) is 1. The van der Waals surface area contributed by atoms with Crippen LogP contribution in [0.4, 0.5) is 10.1 Å². The molecule has 0 aliphatic rings. The van der Waals surface area contributed by atoms with Crippen molar-refractivity contribution in [1.82, 2.24) is 9.55 Å². The highest BCUT2D eigenvalue weighted by atomic mass is 19.1. The third kappa shape index (κ3) is 5.35. The molecular weight excluding hydrogens is 423 g/mol. The number of carbonyl (C=O) groups excluding carboxylic acids is 2. The normalized spacial score (nSPS) is 10.8. The molecule has 4 rings (SSSR count). The molecule has 0 saturated heterocycles. The molecular formula is C25H23FN4O3. The number of rotatable bonds is 9. The Morgan fingerprint density at radius 3 is 2.39 bits per heavy atom. The lowest BCUT2D eigenvalue weighted by Crippen LogP contribution is -2.36. The van der Waals surface area contributed by atoms with Crippen molar-refractivity contribution in [3.63, 3.8) is 0 Å². The number of nitrogens with zero attached hydrogens (tertiary/aromatic N) is 3. The highest BCUT2D eigenvalue weighted by molar-refractivity contribution is 5.94. The molecule has 2 N–H and O–H groups in total. The third-order valence-electron chi connectivity index (χ3n) is 5.16. The summed E-state index contributed by atoms with van der Waals surface area (Å²) in [6, 6.07) is 22.4. The van der Waals surface area contributed by atoms with Gasteiger partial charge < -0.3 is 19.9 Å². The molecule has 0 aliphatic carbocycles. The highest BCUT2D eigenvalue weighted by Crippen LogP contribution is 2.21. The number of benzene rings is 3. The lowest BCUT2D eigenvalue weighted by molar-refractivity contribution is -0.119. The first kappa shape index (κ1) is 22.0. The van der Waals surface area contributed by atoms with Crippen molar-refractivity contribution in [3.05, 3.63) is 90.5 Å². The van der Waals surface area contributed by atoms with E-state index in [4.69, 9.17) is 10.5 Å². The summed E-state index contributed by atoms with van der Waals surface area (Å²) in [5.74, 6) is 0.0492. The van der Waals surface area contributed by atoms with E-state index in [2.05, 4.69) is 4.98 Å². The van der Waals surface area contributed by atoms with Gasteiger partial charge in [0.25, 0.3) is 0 Å². The summed E-state index contributed by atoms with van der Waals surface area (Å²) >= 11 is 0. The molecule has 2 amide bonds. The summed E-state index contributed by atoms with van der Waals surface area (Å²) < 4.78 is 21.1. The van der Waals surface area contributed by atoms with Gasteiger partial charge in [0, 0.05) is 18.7 Å². The molecule has 8 heteroatoms.